The minimum atomic E-state index is -0.0117. The average Bonchev–Trinajstić information content (AvgIpc) is 2.74. The van der Waals surface area contributed by atoms with Crippen molar-refractivity contribution in [1.82, 2.24) is 9.99 Å². The van der Waals surface area contributed by atoms with Crippen molar-refractivity contribution in [3.63, 3.8) is 0 Å². The lowest BCUT2D eigenvalue weighted by atomic mass is 10.2. The van der Waals surface area contributed by atoms with E-state index in [1.165, 1.54) is 0 Å². The molecule has 1 saturated heterocycles. The molecule has 4 nitrogen and oxygen atoms in total. The summed E-state index contributed by atoms with van der Waals surface area (Å²) in [5, 5.41) is 3.14. The molecule has 2 heterocycles. The minimum absolute atomic E-state index is 0.0117. The molecule has 1 amide bonds. The van der Waals surface area contributed by atoms with E-state index in [-0.39, 0.29) is 11.9 Å². The lowest BCUT2D eigenvalue weighted by molar-refractivity contribution is -0.118. The molecule has 0 aliphatic carbocycles. The Kier molecular flexibility index (Phi) is 2.31. The minimum Gasteiger partial charge on any atom is -0.306 e. The monoisotopic (exact) mass is 179 g/mol. The quantitative estimate of drug-likeness (QED) is 0.686. The van der Waals surface area contributed by atoms with Gasteiger partial charge >= 0.3 is 0 Å². The smallest absolute Gasteiger partial charge is 0.255 e. The van der Waals surface area contributed by atoms with Gasteiger partial charge in [-0.2, -0.15) is 0 Å². The third-order valence-corrected chi connectivity index (χ3v) is 2.22. The second-order valence-corrected chi connectivity index (χ2v) is 3.22. The highest BCUT2D eigenvalue weighted by atomic mass is 16.2. The van der Waals surface area contributed by atoms with E-state index < -0.39 is 0 Å². The van der Waals surface area contributed by atoms with Gasteiger partial charge in [0.25, 0.3) is 5.91 Å². The molecule has 70 valence electrons. The van der Waals surface area contributed by atoms with Crippen LogP contribution in [0.15, 0.2) is 24.5 Å². The first-order valence-electron chi connectivity index (χ1n) is 4.53. The summed E-state index contributed by atoms with van der Waals surface area (Å²) in [7, 11) is 0. The van der Waals surface area contributed by atoms with E-state index >= 15 is 0 Å². The van der Waals surface area contributed by atoms with Gasteiger partial charge in [-0.1, -0.05) is 0 Å². The van der Waals surface area contributed by atoms with Crippen LogP contribution in [0.1, 0.15) is 12.8 Å². The molecule has 4 heteroatoms. The van der Waals surface area contributed by atoms with Crippen molar-refractivity contribution in [1.29, 1.82) is 0 Å². The molecule has 1 atom stereocenters. The molecule has 0 bridgehead atoms. The second kappa shape index (κ2) is 3.62. The van der Waals surface area contributed by atoms with Gasteiger partial charge in [-0.05, 0) is 31.5 Å². The van der Waals surface area contributed by atoms with Crippen LogP contribution in [0.4, 0.5) is 0 Å². The first kappa shape index (κ1) is 8.31. The Labute approximate surface area is 76.9 Å². The van der Waals surface area contributed by atoms with Crippen molar-refractivity contribution in [2.45, 2.75) is 18.9 Å². The van der Waals surface area contributed by atoms with Crippen LogP contribution in [-0.2, 0) is 4.79 Å². The summed E-state index contributed by atoms with van der Waals surface area (Å²) in [6, 6.07) is 3.74. The molecule has 1 aliphatic heterocycles. The van der Waals surface area contributed by atoms with E-state index in [2.05, 4.69) is 10.7 Å². The lowest BCUT2D eigenvalue weighted by Crippen LogP contribution is -2.38. The van der Waals surface area contributed by atoms with Gasteiger partial charge in [0.2, 0.25) is 0 Å². The Hall–Kier alpha value is -1.29. The predicted octanol–water partition coefficient (Wildman–Crippen LogP) is 0.310. The highest BCUT2D eigenvalue weighted by Crippen LogP contribution is 2.04. The van der Waals surface area contributed by atoms with Crippen LogP contribution in [0.3, 0.4) is 0 Å². The van der Waals surface area contributed by atoms with Crippen molar-refractivity contribution in [2.75, 3.05) is 12.0 Å². The van der Waals surface area contributed by atoms with Crippen LogP contribution in [0.25, 0.3) is 0 Å². The summed E-state index contributed by atoms with van der Waals surface area (Å²) in [6.45, 7) is 0.948. The number of hydrogen-bond acceptors (Lipinski definition) is 2. The Bertz CT molecular complexity index is 275. The molecule has 2 rings (SSSR count). The van der Waals surface area contributed by atoms with Gasteiger partial charge in [-0.3, -0.25) is 14.9 Å². The molecule has 0 radical (unpaired) electrons. The number of amides is 1. The van der Waals surface area contributed by atoms with E-state index in [1.54, 1.807) is 4.68 Å². The molecule has 0 saturated carbocycles. The number of carbonyl (C=O) groups is 1. The topological polar surface area (TPSA) is 46.1 Å². The predicted molar refractivity (Wildman–Crippen MR) is 49.8 cm³/mol. The Balaban J connectivity index is 1.91. The summed E-state index contributed by atoms with van der Waals surface area (Å²) < 4.78 is 1.67. The molecule has 1 fully saturated rings. The van der Waals surface area contributed by atoms with Crippen LogP contribution in [0.2, 0.25) is 0 Å². The van der Waals surface area contributed by atoms with Crippen LogP contribution in [0.5, 0.6) is 0 Å². The second-order valence-electron chi connectivity index (χ2n) is 3.22. The fourth-order valence-corrected chi connectivity index (χ4v) is 1.52. The molecule has 0 unspecified atom stereocenters. The zero-order valence-corrected chi connectivity index (χ0v) is 7.36. The third kappa shape index (κ3) is 1.89. The molecule has 1 aromatic rings. The number of rotatable bonds is 2. The van der Waals surface area contributed by atoms with Crippen LogP contribution in [-0.4, -0.2) is 23.2 Å². The number of nitrogens with one attached hydrogen (secondary N) is 2. The van der Waals surface area contributed by atoms with Gasteiger partial charge in [-0.15, -0.1) is 0 Å². The zero-order chi connectivity index (χ0) is 9.10. The van der Waals surface area contributed by atoms with Crippen molar-refractivity contribution < 1.29 is 4.79 Å². The highest BCUT2D eigenvalue weighted by molar-refractivity contribution is 5.88. The largest absolute Gasteiger partial charge is 0.306 e. The number of aromatic nitrogens is 1. The summed E-state index contributed by atoms with van der Waals surface area (Å²) in [4.78, 5) is 11.5. The van der Waals surface area contributed by atoms with Crippen molar-refractivity contribution >= 4 is 5.91 Å². The number of nitrogens with zero attached hydrogens (tertiary/aromatic N) is 1. The van der Waals surface area contributed by atoms with Crippen molar-refractivity contribution in [3.8, 4) is 0 Å². The average molecular weight is 179 g/mol. The fourth-order valence-electron chi connectivity index (χ4n) is 1.52. The first-order chi connectivity index (χ1) is 6.36. The van der Waals surface area contributed by atoms with Gasteiger partial charge in [0.05, 0.1) is 6.04 Å². The van der Waals surface area contributed by atoms with E-state index in [0.717, 1.165) is 19.4 Å². The molecule has 1 aliphatic rings. The summed E-state index contributed by atoms with van der Waals surface area (Å²) >= 11 is 0. The Morgan fingerprint density at radius 3 is 2.85 bits per heavy atom. The SMILES string of the molecule is O=C(Nn1cccc1)[C@H]1CCCN1. The van der Waals surface area contributed by atoms with E-state index in [0.29, 0.717) is 0 Å². The maximum atomic E-state index is 11.5. The maximum Gasteiger partial charge on any atom is 0.255 e. The Morgan fingerprint density at radius 1 is 1.46 bits per heavy atom. The summed E-state index contributed by atoms with van der Waals surface area (Å²) in [5.74, 6) is 0.0497. The standard InChI is InChI=1S/C9H13N3O/c13-9(8-4-3-5-10-8)11-12-6-1-2-7-12/h1-2,6-8,10H,3-5H2,(H,11,13)/t8-/m1/s1. The normalized spacial score (nSPS) is 21.7. The highest BCUT2D eigenvalue weighted by Gasteiger charge is 2.21. The zero-order valence-electron chi connectivity index (χ0n) is 7.36. The van der Waals surface area contributed by atoms with Gasteiger partial charge in [0.15, 0.2) is 0 Å². The molecule has 0 aromatic carbocycles. The summed E-state index contributed by atoms with van der Waals surface area (Å²) in [5.41, 5.74) is 2.78. The van der Waals surface area contributed by atoms with Crippen molar-refractivity contribution in [3.05, 3.63) is 24.5 Å². The molecular weight excluding hydrogens is 166 g/mol. The van der Waals surface area contributed by atoms with Crippen LogP contribution >= 0.6 is 0 Å². The van der Waals surface area contributed by atoms with E-state index in [1.807, 2.05) is 24.5 Å². The molecule has 2 N–H and O–H groups in total. The van der Waals surface area contributed by atoms with E-state index in [4.69, 9.17) is 0 Å². The molecular formula is C9H13N3O. The van der Waals surface area contributed by atoms with Gasteiger partial charge in [-0.25, -0.2) is 0 Å². The van der Waals surface area contributed by atoms with Crippen molar-refractivity contribution in [2.24, 2.45) is 0 Å². The van der Waals surface area contributed by atoms with Crippen LogP contribution < -0.4 is 10.7 Å². The lowest BCUT2D eigenvalue weighted by Gasteiger charge is -2.11. The van der Waals surface area contributed by atoms with Gasteiger partial charge in [0, 0.05) is 12.4 Å². The third-order valence-electron chi connectivity index (χ3n) is 2.22. The van der Waals surface area contributed by atoms with E-state index in [9.17, 15) is 4.79 Å². The first-order valence-corrected chi connectivity index (χ1v) is 4.53. The maximum absolute atomic E-state index is 11.5. The molecule has 13 heavy (non-hydrogen) atoms. The fraction of sp³-hybridized carbons (Fsp3) is 0.444. The molecule has 1 aromatic heterocycles. The van der Waals surface area contributed by atoms with Gasteiger partial charge < -0.3 is 5.32 Å². The Morgan fingerprint density at radius 2 is 2.23 bits per heavy atom. The number of carbonyl (C=O) groups excluding carboxylic acids is 1. The van der Waals surface area contributed by atoms with Gasteiger partial charge in [0.1, 0.15) is 0 Å². The van der Waals surface area contributed by atoms with Crippen LogP contribution in [0, 0.1) is 0 Å². The number of hydrogen-bond donors (Lipinski definition) is 2. The molecule has 0 spiro atoms. The summed E-state index contributed by atoms with van der Waals surface area (Å²) in [6.07, 6.45) is 5.65.